The highest BCUT2D eigenvalue weighted by Crippen LogP contribution is 2.19. The quantitative estimate of drug-likeness (QED) is 0.766. The average molecular weight is 264 g/mol. The predicted molar refractivity (Wildman–Crippen MR) is 78.4 cm³/mol. The van der Waals surface area contributed by atoms with Crippen LogP contribution in [-0.2, 0) is 0 Å². The van der Waals surface area contributed by atoms with Gasteiger partial charge in [0.05, 0.1) is 0 Å². The van der Waals surface area contributed by atoms with Gasteiger partial charge in [-0.3, -0.25) is 0 Å². The van der Waals surface area contributed by atoms with E-state index in [-0.39, 0.29) is 18.1 Å². The number of rotatable bonds is 5. The minimum absolute atomic E-state index is 0.103. The van der Waals surface area contributed by atoms with Crippen LogP contribution in [0, 0.1) is 19.3 Å². The highest BCUT2D eigenvalue weighted by Gasteiger charge is 2.18. The molecular weight excluding hydrogens is 240 g/mol. The van der Waals surface area contributed by atoms with Crippen molar-refractivity contribution in [2.24, 2.45) is 5.41 Å². The molecule has 1 rings (SSSR count). The van der Waals surface area contributed by atoms with Crippen LogP contribution in [0.25, 0.3) is 0 Å². The Bertz CT molecular complexity index is 442. The Morgan fingerprint density at radius 3 is 2.63 bits per heavy atom. The molecule has 0 heterocycles. The van der Waals surface area contributed by atoms with Gasteiger partial charge in [-0.25, -0.2) is 4.79 Å². The molecule has 3 N–H and O–H groups in total. The van der Waals surface area contributed by atoms with E-state index < -0.39 is 0 Å². The number of hydrogen-bond acceptors (Lipinski definition) is 2. The summed E-state index contributed by atoms with van der Waals surface area (Å²) < 4.78 is 0. The van der Waals surface area contributed by atoms with Crippen LogP contribution >= 0.6 is 0 Å². The maximum Gasteiger partial charge on any atom is 0.319 e. The summed E-state index contributed by atoms with van der Waals surface area (Å²) in [6, 6.07) is 5.75. The van der Waals surface area contributed by atoms with Gasteiger partial charge in [-0.05, 0) is 42.9 Å². The number of carbonyl (C=O) groups is 1. The first-order valence-corrected chi connectivity index (χ1v) is 6.57. The predicted octanol–water partition coefficient (Wildman–Crippen LogP) is 2.83. The number of benzene rings is 1. The van der Waals surface area contributed by atoms with Gasteiger partial charge in [0.1, 0.15) is 0 Å². The van der Waals surface area contributed by atoms with Gasteiger partial charge in [-0.2, -0.15) is 0 Å². The minimum atomic E-state index is -0.209. The Morgan fingerprint density at radius 1 is 1.32 bits per heavy atom. The van der Waals surface area contributed by atoms with Crippen LogP contribution in [0.1, 0.15) is 31.4 Å². The molecule has 19 heavy (non-hydrogen) atoms. The second-order valence-corrected chi connectivity index (χ2v) is 5.76. The Kier molecular flexibility index (Phi) is 5.36. The normalized spacial score (nSPS) is 11.2. The number of amides is 2. The number of aliphatic hydroxyl groups is 1. The van der Waals surface area contributed by atoms with E-state index in [9.17, 15) is 4.79 Å². The van der Waals surface area contributed by atoms with E-state index >= 15 is 0 Å². The van der Waals surface area contributed by atoms with Crippen LogP contribution in [0.15, 0.2) is 18.2 Å². The van der Waals surface area contributed by atoms with Crippen LogP contribution in [0.5, 0.6) is 0 Å². The molecule has 0 aromatic heterocycles. The molecule has 0 bridgehead atoms. The molecule has 0 saturated heterocycles. The smallest absolute Gasteiger partial charge is 0.319 e. The van der Waals surface area contributed by atoms with Crippen molar-refractivity contribution in [1.82, 2.24) is 5.32 Å². The van der Waals surface area contributed by atoms with E-state index in [1.54, 1.807) is 0 Å². The first-order chi connectivity index (χ1) is 8.84. The summed E-state index contributed by atoms with van der Waals surface area (Å²) in [7, 11) is 0. The first-order valence-electron chi connectivity index (χ1n) is 6.57. The Hall–Kier alpha value is -1.55. The van der Waals surface area contributed by atoms with Gasteiger partial charge < -0.3 is 15.7 Å². The molecule has 0 fully saturated rings. The number of aliphatic hydroxyl groups excluding tert-OH is 1. The van der Waals surface area contributed by atoms with Crippen LogP contribution in [0.3, 0.4) is 0 Å². The number of urea groups is 1. The SMILES string of the molecule is Cc1ccc(C)c(NC(=O)NCC(C)(C)CCO)c1. The summed E-state index contributed by atoms with van der Waals surface area (Å²) in [5.74, 6) is 0. The molecule has 0 aliphatic carbocycles. The zero-order valence-corrected chi connectivity index (χ0v) is 12.2. The van der Waals surface area contributed by atoms with Gasteiger partial charge in [-0.1, -0.05) is 26.0 Å². The van der Waals surface area contributed by atoms with Gasteiger partial charge >= 0.3 is 6.03 Å². The first kappa shape index (κ1) is 15.5. The van der Waals surface area contributed by atoms with Crippen molar-refractivity contribution in [2.75, 3.05) is 18.5 Å². The van der Waals surface area contributed by atoms with E-state index in [1.807, 2.05) is 45.9 Å². The van der Waals surface area contributed by atoms with Crippen molar-refractivity contribution in [3.63, 3.8) is 0 Å². The lowest BCUT2D eigenvalue weighted by atomic mass is 9.90. The molecule has 0 radical (unpaired) electrons. The monoisotopic (exact) mass is 264 g/mol. The standard InChI is InChI=1S/C15H24N2O2/c1-11-5-6-12(2)13(9-11)17-14(19)16-10-15(3,4)7-8-18/h5-6,9,18H,7-8,10H2,1-4H3,(H2,16,17,19). The molecule has 4 heteroatoms. The molecule has 0 aliphatic rings. The molecule has 106 valence electrons. The number of aryl methyl sites for hydroxylation is 2. The summed E-state index contributed by atoms with van der Waals surface area (Å²) in [5, 5.41) is 14.6. The number of anilines is 1. The van der Waals surface area contributed by atoms with Gasteiger partial charge in [0.2, 0.25) is 0 Å². The third kappa shape index (κ3) is 5.30. The van der Waals surface area contributed by atoms with Crippen LogP contribution in [0.4, 0.5) is 10.5 Å². The zero-order chi connectivity index (χ0) is 14.5. The largest absolute Gasteiger partial charge is 0.396 e. The third-order valence-corrected chi connectivity index (χ3v) is 3.16. The van der Waals surface area contributed by atoms with Gasteiger partial charge in [-0.15, -0.1) is 0 Å². The summed E-state index contributed by atoms with van der Waals surface area (Å²) in [6.07, 6.45) is 0.663. The fourth-order valence-corrected chi connectivity index (χ4v) is 1.75. The summed E-state index contributed by atoms with van der Waals surface area (Å²) >= 11 is 0. The second-order valence-electron chi connectivity index (χ2n) is 5.76. The molecule has 0 atom stereocenters. The molecule has 0 spiro atoms. The van der Waals surface area contributed by atoms with E-state index in [0.29, 0.717) is 13.0 Å². The molecule has 0 unspecified atom stereocenters. The molecule has 0 saturated carbocycles. The van der Waals surface area contributed by atoms with Crippen molar-refractivity contribution in [1.29, 1.82) is 0 Å². The Morgan fingerprint density at radius 2 is 2.00 bits per heavy atom. The van der Waals surface area contributed by atoms with Gasteiger partial charge in [0.15, 0.2) is 0 Å². The second kappa shape index (κ2) is 6.57. The molecular formula is C15H24N2O2. The Labute approximate surface area is 115 Å². The zero-order valence-electron chi connectivity index (χ0n) is 12.2. The van der Waals surface area contributed by atoms with E-state index in [2.05, 4.69) is 10.6 Å². The highest BCUT2D eigenvalue weighted by molar-refractivity contribution is 5.90. The Balaban J connectivity index is 2.54. The van der Waals surface area contributed by atoms with E-state index in [1.165, 1.54) is 0 Å². The van der Waals surface area contributed by atoms with Crippen molar-refractivity contribution in [3.05, 3.63) is 29.3 Å². The van der Waals surface area contributed by atoms with E-state index in [0.717, 1.165) is 16.8 Å². The average Bonchev–Trinajstić information content (AvgIpc) is 2.31. The van der Waals surface area contributed by atoms with Crippen molar-refractivity contribution in [2.45, 2.75) is 34.1 Å². The summed E-state index contributed by atoms with van der Waals surface area (Å²) in [4.78, 5) is 11.8. The third-order valence-electron chi connectivity index (χ3n) is 3.16. The molecule has 4 nitrogen and oxygen atoms in total. The van der Waals surface area contributed by atoms with Crippen molar-refractivity contribution < 1.29 is 9.90 Å². The van der Waals surface area contributed by atoms with Gasteiger partial charge in [0.25, 0.3) is 0 Å². The summed E-state index contributed by atoms with van der Waals surface area (Å²) in [5.41, 5.74) is 2.88. The topological polar surface area (TPSA) is 61.4 Å². The molecule has 1 aromatic rings. The summed E-state index contributed by atoms with van der Waals surface area (Å²) in [6.45, 7) is 8.65. The number of hydrogen-bond donors (Lipinski definition) is 3. The fraction of sp³-hybridized carbons (Fsp3) is 0.533. The lowest BCUT2D eigenvalue weighted by Gasteiger charge is -2.24. The lowest BCUT2D eigenvalue weighted by molar-refractivity contribution is 0.204. The number of carbonyl (C=O) groups excluding carboxylic acids is 1. The molecule has 1 aromatic carbocycles. The molecule has 0 aliphatic heterocycles. The van der Waals surface area contributed by atoms with E-state index in [4.69, 9.17) is 5.11 Å². The minimum Gasteiger partial charge on any atom is -0.396 e. The maximum absolute atomic E-state index is 11.8. The van der Waals surface area contributed by atoms with Crippen molar-refractivity contribution >= 4 is 11.7 Å². The van der Waals surface area contributed by atoms with Crippen LogP contribution < -0.4 is 10.6 Å². The van der Waals surface area contributed by atoms with Crippen molar-refractivity contribution in [3.8, 4) is 0 Å². The maximum atomic E-state index is 11.8. The highest BCUT2D eigenvalue weighted by atomic mass is 16.3. The number of nitrogens with one attached hydrogen (secondary N) is 2. The van der Waals surface area contributed by atoms with Gasteiger partial charge in [0, 0.05) is 18.8 Å². The van der Waals surface area contributed by atoms with Crippen LogP contribution in [0.2, 0.25) is 0 Å². The fourth-order valence-electron chi connectivity index (χ4n) is 1.75. The lowest BCUT2D eigenvalue weighted by Crippen LogP contribution is -2.37. The molecule has 2 amide bonds. The van der Waals surface area contributed by atoms with Crippen LogP contribution in [-0.4, -0.2) is 24.3 Å².